The molecule has 1 rings (SSSR count). The van der Waals surface area contributed by atoms with Gasteiger partial charge in [0.25, 0.3) is 0 Å². The van der Waals surface area contributed by atoms with Crippen molar-refractivity contribution in [1.29, 1.82) is 0 Å². The lowest BCUT2D eigenvalue weighted by Gasteiger charge is -2.03. The van der Waals surface area contributed by atoms with Crippen LogP contribution in [0.5, 0.6) is 0 Å². The van der Waals surface area contributed by atoms with E-state index < -0.39 is 0 Å². The number of benzene rings is 1. The van der Waals surface area contributed by atoms with E-state index in [9.17, 15) is 0 Å². The number of nitrogens with two attached hydrogens (primary N) is 1. The topological polar surface area (TPSA) is 26.0 Å². The van der Waals surface area contributed by atoms with E-state index in [0.717, 1.165) is 22.5 Å². The third kappa shape index (κ3) is 1.77. The predicted octanol–water partition coefficient (Wildman–Crippen LogP) is 2.40. The second-order valence-corrected chi connectivity index (χ2v) is 2.86. The highest BCUT2D eigenvalue weighted by atomic mass is 32.1. The van der Waals surface area contributed by atoms with E-state index in [1.807, 2.05) is 31.2 Å². The fourth-order valence-electron chi connectivity index (χ4n) is 0.941. The number of anilines is 1. The Kier molecular flexibility index (Phi) is 2.60. The SMILES string of the molecule is CCC(=S)c1ccccc1N. The quantitative estimate of drug-likeness (QED) is 0.413. The number of nitrogen functional groups attached to an aromatic ring is 1. The summed E-state index contributed by atoms with van der Waals surface area (Å²) >= 11 is 5.13. The van der Waals surface area contributed by atoms with Gasteiger partial charge in [-0.15, -0.1) is 0 Å². The summed E-state index contributed by atoms with van der Waals surface area (Å²) in [6, 6.07) is 7.70. The molecular formula is C9H11NS. The van der Waals surface area contributed by atoms with E-state index in [-0.39, 0.29) is 0 Å². The van der Waals surface area contributed by atoms with Gasteiger partial charge in [-0.2, -0.15) is 0 Å². The van der Waals surface area contributed by atoms with Crippen LogP contribution in [-0.4, -0.2) is 4.86 Å². The summed E-state index contributed by atoms with van der Waals surface area (Å²) in [5.74, 6) is 0. The lowest BCUT2D eigenvalue weighted by molar-refractivity contribution is 1.31. The zero-order valence-electron chi connectivity index (χ0n) is 6.50. The van der Waals surface area contributed by atoms with E-state index in [2.05, 4.69) is 0 Å². The molecule has 58 valence electrons. The standard InChI is InChI=1S/C9H11NS/c1-2-9(11)7-5-3-4-6-8(7)10/h3-6H,2,10H2,1H3. The lowest BCUT2D eigenvalue weighted by atomic mass is 10.1. The van der Waals surface area contributed by atoms with Crippen molar-refractivity contribution < 1.29 is 0 Å². The molecule has 0 fully saturated rings. The maximum Gasteiger partial charge on any atom is 0.0398 e. The summed E-state index contributed by atoms with van der Waals surface area (Å²) in [4.78, 5) is 0.933. The molecular weight excluding hydrogens is 154 g/mol. The van der Waals surface area contributed by atoms with Gasteiger partial charge < -0.3 is 5.73 Å². The van der Waals surface area contributed by atoms with Gasteiger partial charge in [0.15, 0.2) is 0 Å². The van der Waals surface area contributed by atoms with Crippen LogP contribution in [0.3, 0.4) is 0 Å². The molecule has 0 aliphatic rings. The van der Waals surface area contributed by atoms with E-state index in [1.54, 1.807) is 0 Å². The summed E-state index contributed by atoms with van der Waals surface area (Å²) in [5.41, 5.74) is 7.49. The minimum Gasteiger partial charge on any atom is -0.398 e. The molecule has 0 aromatic heterocycles. The first-order chi connectivity index (χ1) is 5.25. The van der Waals surface area contributed by atoms with Gasteiger partial charge in [-0.1, -0.05) is 37.3 Å². The highest BCUT2D eigenvalue weighted by Crippen LogP contribution is 2.13. The van der Waals surface area contributed by atoms with Gasteiger partial charge in [0.1, 0.15) is 0 Å². The van der Waals surface area contributed by atoms with Crippen LogP contribution in [-0.2, 0) is 0 Å². The summed E-state index contributed by atoms with van der Waals surface area (Å²) in [5, 5.41) is 0. The van der Waals surface area contributed by atoms with Crippen molar-refractivity contribution in [2.75, 3.05) is 5.73 Å². The van der Waals surface area contributed by atoms with Gasteiger partial charge in [-0.05, 0) is 12.5 Å². The maximum absolute atomic E-state index is 5.71. The molecule has 0 atom stereocenters. The highest BCUT2D eigenvalue weighted by molar-refractivity contribution is 7.80. The lowest BCUT2D eigenvalue weighted by Crippen LogP contribution is -1.99. The Bertz CT molecular complexity index is 268. The Morgan fingerprint density at radius 2 is 2.09 bits per heavy atom. The average Bonchev–Trinajstić information content (AvgIpc) is 2.04. The first-order valence-electron chi connectivity index (χ1n) is 3.63. The molecule has 0 heterocycles. The van der Waals surface area contributed by atoms with Gasteiger partial charge in [-0.25, -0.2) is 0 Å². The smallest absolute Gasteiger partial charge is 0.0398 e. The van der Waals surface area contributed by atoms with Gasteiger partial charge in [0.05, 0.1) is 0 Å². The number of hydrogen-bond donors (Lipinski definition) is 1. The van der Waals surface area contributed by atoms with Gasteiger partial charge in [0.2, 0.25) is 0 Å². The van der Waals surface area contributed by atoms with Crippen molar-refractivity contribution in [3.05, 3.63) is 29.8 Å². The van der Waals surface area contributed by atoms with Crippen LogP contribution in [0, 0.1) is 0 Å². The fraction of sp³-hybridized carbons (Fsp3) is 0.222. The van der Waals surface area contributed by atoms with E-state index in [4.69, 9.17) is 18.0 Å². The predicted molar refractivity (Wildman–Crippen MR) is 52.8 cm³/mol. The van der Waals surface area contributed by atoms with Crippen molar-refractivity contribution >= 4 is 22.8 Å². The first-order valence-corrected chi connectivity index (χ1v) is 4.04. The zero-order valence-corrected chi connectivity index (χ0v) is 7.32. The largest absolute Gasteiger partial charge is 0.398 e. The van der Waals surface area contributed by atoms with Crippen molar-refractivity contribution in [3.8, 4) is 0 Å². The van der Waals surface area contributed by atoms with Gasteiger partial charge in [0, 0.05) is 16.1 Å². The van der Waals surface area contributed by atoms with E-state index in [1.165, 1.54) is 0 Å². The fourth-order valence-corrected chi connectivity index (χ4v) is 1.13. The molecule has 0 aliphatic carbocycles. The molecule has 0 radical (unpaired) electrons. The molecule has 0 spiro atoms. The summed E-state index contributed by atoms with van der Waals surface area (Å²) in [6.45, 7) is 2.04. The number of thiocarbonyl (C=S) groups is 1. The molecule has 1 nitrogen and oxygen atoms in total. The Hall–Kier alpha value is -0.890. The molecule has 1 aromatic rings. The highest BCUT2D eigenvalue weighted by Gasteiger charge is 2.00. The molecule has 2 heteroatoms. The van der Waals surface area contributed by atoms with Crippen molar-refractivity contribution in [2.45, 2.75) is 13.3 Å². The van der Waals surface area contributed by atoms with Crippen molar-refractivity contribution in [1.82, 2.24) is 0 Å². The second-order valence-electron chi connectivity index (χ2n) is 2.36. The van der Waals surface area contributed by atoms with Crippen LogP contribution in [0.1, 0.15) is 18.9 Å². The van der Waals surface area contributed by atoms with Crippen molar-refractivity contribution in [2.24, 2.45) is 0 Å². The summed E-state index contributed by atoms with van der Waals surface area (Å²) in [7, 11) is 0. The Morgan fingerprint density at radius 1 is 1.45 bits per heavy atom. The minimum absolute atomic E-state index is 0.777. The molecule has 0 amide bonds. The molecule has 0 saturated heterocycles. The Balaban J connectivity index is 3.03. The van der Waals surface area contributed by atoms with Gasteiger partial charge >= 0.3 is 0 Å². The monoisotopic (exact) mass is 165 g/mol. The average molecular weight is 165 g/mol. The third-order valence-corrected chi connectivity index (χ3v) is 2.09. The van der Waals surface area contributed by atoms with Crippen LogP contribution in [0.15, 0.2) is 24.3 Å². The number of para-hydroxylation sites is 1. The van der Waals surface area contributed by atoms with E-state index >= 15 is 0 Å². The summed E-state index contributed by atoms with van der Waals surface area (Å²) < 4.78 is 0. The summed E-state index contributed by atoms with van der Waals surface area (Å²) in [6.07, 6.45) is 0.879. The molecule has 0 unspecified atom stereocenters. The molecule has 0 saturated carbocycles. The van der Waals surface area contributed by atoms with Crippen LogP contribution >= 0.6 is 12.2 Å². The van der Waals surface area contributed by atoms with Crippen LogP contribution in [0.25, 0.3) is 0 Å². The van der Waals surface area contributed by atoms with Crippen LogP contribution < -0.4 is 5.73 Å². The molecule has 0 aliphatic heterocycles. The number of rotatable bonds is 2. The molecule has 0 bridgehead atoms. The minimum atomic E-state index is 0.777. The van der Waals surface area contributed by atoms with Crippen molar-refractivity contribution in [3.63, 3.8) is 0 Å². The molecule has 2 N–H and O–H groups in total. The van der Waals surface area contributed by atoms with Crippen LogP contribution in [0.2, 0.25) is 0 Å². The maximum atomic E-state index is 5.71. The number of hydrogen-bond acceptors (Lipinski definition) is 2. The second kappa shape index (κ2) is 3.49. The first kappa shape index (κ1) is 8.21. The normalized spacial score (nSPS) is 9.55. The Labute approximate surface area is 72.2 Å². The van der Waals surface area contributed by atoms with E-state index in [0.29, 0.717) is 0 Å². The molecule has 11 heavy (non-hydrogen) atoms. The van der Waals surface area contributed by atoms with Gasteiger partial charge in [-0.3, -0.25) is 0 Å². The van der Waals surface area contributed by atoms with Crippen LogP contribution in [0.4, 0.5) is 5.69 Å². The molecule has 1 aromatic carbocycles. The Morgan fingerprint density at radius 3 is 2.64 bits per heavy atom. The third-order valence-electron chi connectivity index (χ3n) is 1.58. The zero-order chi connectivity index (χ0) is 8.27.